The molecule has 0 unspecified atom stereocenters. The molecule has 0 spiro atoms. The number of para-hydroxylation sites is 1. The monoisotopic (exact) mass is 341 g/mol. The van der Waals surface area contributed by atoms with Crippen LogP contribution in [0.5, 0.6) is 0 Å². The molecule has 7 heteroatoms. The maximum atomic E-state index is 12.5. The molecule has 2 aromatic rings. The smallest absolute Gasteiger partial charge is 0.261 e. The van der Waals surface area contributed by atoms with Crippen LogP contribution in [0.3, 0.4) is 0 Å². The highest BCUT2D eigenvalue weighted by Crippen LogP contribution is 2.20. The van der Waals surface area contributed by atoms with Gasteiger partial charge in [-0.05, 0) is 30.3 Å². The number of sulfonamides is 1. The molecule has 0 bridgehead atoms. The van der Waals surface area contributed by atoms with E-state index in [9.17, 15) is 13.2 Å². The van der Waals surface area contributed by atoms with Gasteiger partial charge >= 0.3 is 0 Å². The lowest BCUT2D eigenvalue weighted by Crippen LogP contribution is -2.25. The van der Waals surface area contributed by atoms with Crippen LogP contribution in [0.25, 0.3) is 0 Å². The van der Waals surface area contributed by atoms with Crippen LogP contribution in [0.15, 0.2) is 66.1 Å². The fraction of sp³-hybridized carbons (Fsp3) is 0.0588. The summed E-state index contributed by atoms with van der Waals surface area (Å²) in [4.78, 5) is 12.1. The number of rotatable bonds is 6. The van der Waals surface area contributed by atoms with Crippen LogP contribution in [-0.2, 0) is 10.0 Å². The predicted molar refractivity (Wildman–Crippen MR) is 90.9 cm³/mol. The second kappa shape index (κ2) is 7.44. The number of hydrogen-bond donors (Lipinski definition) is 2. The average Bonchev–Trinajstić information content (AvgIpc) is 2.60. The summed E-state index contributed by atoms with van der Waals surface area (Å²) in [5, 5.41) is 11.5. The van der Waals surface area contributed by atoms with Crippen LogP contribution in [-0.4, -0.2) is 20.9 Å². The molecule has 0 aliphatic heterocycles. The van der Waals surface area contributed by atoms with E-state index >= 15 is 0 Å². The van der Waals surface area contributed by atoms with Crippen molar-refractivity contribution in [2.24, 2.45) is 0 Å². The summed E-state index contributed by atoms with van der Waals surface area (Å²) < 4.78 is 27.4. The number of nitriles is 1. The van der Waals surface area contributed by atoms with E-state index in [1.165, 1.54) is 42.5 Å². The number of amides is 1. The molecule has 0 aromatic heterocycles. The summed E-state index contributed by atoms with van der Waals surface area (Å²) in [6.45, 7) is 3.78. The number of nitrogens with zero attached hydrogens (tertiary/aromatic N) is 1. The van der Waals surface area contributed by atoms with E-state index in [1.807, 2.05) is 6.07 Å². The average molecular weight is 341 g/mol. The van der Waals surface area contributed by atoms with E-state index < -0.39 is 15.9 Å². The van der Waals surface area contributed by atoms with Crippen LogP contribution in [0.1, 0.15) is 15.9 Å². The molecule has 0 fully saturated rings. The van der Waals surface area contributed by atoms with Gasteiger partial charge in [-0.25, -0.2) is 8.42 Å². The van der Waals surface area contributed by atoms with E-state index in [0.29, 0.717) is 0 Å². The first-order valence-corrected chi connectivity index (χ1v) is 8.47. The second-order valence-electron chi connectivity index (χ2n) is 4.79. The number of carbonyl (C=O) groups is 1. The van der Waals surface area contributed by atoms with Gasteiger partial charge in [0.2, 0.25) is 0 Å². The molecule has 122 valence electrons. The first-order chi connectivity index (χ1) is 11.5. The molecular weight excluding hydrogens is 326 g/mol. The van der Waals surface area contributed by atoms with Gasteiger partial charge in [-0.15, -0.1) is 6.58 Å². The molecular formula is C17H15N3O3S. The fourth-order valence-electron chi connectivity index (χ4n) is 1.97. The Hall–Kier alpha value is -3.11. The molecule has 0 saturated heterocycles. The zero-order valence-electron chi connectivity index (χ0n) is 12.7. The lowest BCUT2D eigenvalue weighted by atomic mass is 10.1. The molecule has 0 aliphatic carbocycles. The highest BCUT2D eigenvalue weighted by Gasteiger charge is 2.18. The Morgan fingerprint density at radius 1 is 1.21 bits per heavy atom. The van der Waals surface area contributed by atoms with Crippen molar-refractivity contribution in [3.63, 3.8) is 0 Å². The third kappa shape index (κ3) is 4.00. The third-order valence-corrected chi connectivity index (χ3v) is 4.46. The minimum atomic E-state index is -3.92. The number of hydrogen-bond acceptors (Lipinski definition) is 4. The Morgan fingerprint density at radius 2 is 1.96 bits per heavy atom. The minimum absolute atomic E-state index is 0.0529. The Morgan fingerprint density at radius 3 is 2.67 bits per heavy atom. The molecule has 0 aliphatic rings. The molecule has 0 atom stereocenters. The molecule has 24 heavy (non-hydrogen) atoms. The van der Waals surface area contributed by atoms with Crippen LogP contribution in [0.4, 0.5) is 5.69 Å². The molecule has 6 nitrogen and oxygen atoms in total. The van der Waals surface area contributed by atoms with Crippen LogP contribution >= 0.6 is 0 Å². The van der Waals surface area contributed by atoms with Crippen molar-refractivity contribution in [2.75, 3.05) is 11.3 Å². The van der Waals surface area contributed by atoms with E-state index in [-0.39, 0.29) is 28.3 Å². The van der Waals surface area contributed by atoms with E-state index in [0.717, 1.165) is 0 Å². The number of benzene rings is 2. The SMILES string of the molecule is C=CCNC(=O)c1ccccc1NS(=O)(=O)c1cccc(C#N)c1. The van der Waals surface area contributed by atoms with Crippen molar-refractivity contribution in [2.45, 2.75) is 4.90 Å². The maximum absolute atomic E-state index is 12.5. The van der Waals surface area contributed by atoms with Crippen molar-refractivity contribution in [3.8, 4) is 6.07 Å². The molecule has 0 radical (unpaired) electrons. The van der Waals surface area contributed by atoms with Gasteiger partial charge in [0.15, 0.2) is 0 Å². The normalized spacial score (nSPS) is 10.5. The molecule has 0 saturated carbocycles. The molecule has 2 aromatic carbocycles. The first-order valence-electron chi connectivity index (χ1n) is 6.99. The van der Waals surface area contributed by atoms with Gasteiger partial charge in [-0.3, -0.25) is 9.52 Å². The lowest BCUT2D eigenvalue weighted by Gasteiger charge is -2.12. The highest BCUT2D eigenvalue weighted by atomic mass is 32.2. The zero-order valence-corrected chi connectivity index (χ0v) is 13.5. The van der Waals surface area contributed by atoms with Gasteiger partial charge in [-0.2, -0.15) is 5.26 Å². The van der Waals surface area contributed by atoms with Crippen molar-refractivity contribution >= 4 is 21.6 Å². The summed E-state index contributed by atoms with van der Waals surface area (Å²) in [5.41, 5.74) is 0.579. The Labute approximate surface area is 140 Å². The minimum Gasteiger partial charge on any atom is -0.349 e. The Bertz CT molecular complexity index is 915. The predicted octanol–water partition coefficient (Wildman–Crippen LogP) is 2.27. The Balaban J connectivity index is 2.35. The summed E-state index contributed by atoms with van der Waals surface area (Å²) >= 11 is 0. The first kappa shape index (κ1) is 17.2. The molecule has 2 rings (SSSR count). The molecule has 0 heterocycles. The number of carbonyl (C=O) groups excluding carboxylic acids is 1. The summed E-state index contributed by atoms with van der Waals surface area (Å²) in [5.74, 6) is -0.418. The lowest BCUT2D eigenvalue weighted by molar-refractivity contribution is 0.0959. The standard InChI is InChI=1S/C17H15N3O3S/c1-2-10-19-17(21)15-8-3-4-9-16(15)20-24(22,23)14-7-5-6-13(11-14)12-18/h2-9,11,20H,1,10H2,(H,19,21). The molecule has 2 N–H and O–H groups in total. The maximum Gasteiger partial charge on any atom is 0.261 e. The van der Waals surface area contributed by atoms with Crippen LogP contribution in [0, 0.1) is 11.3 Å². The highest BCUT2D eigenvalue weighted by molar-refractivity contribution is 7.92. The van der Waals surface area contributed by atoms with Gasteiger partial charge < -0.3 is 5.32 Å². The van der Waals surface area contributed by atoms with Gasteiger partial charge in [0.1, 0.15) is 0 Å². The van der Waals surface area contributed by atoms with Crippen molar-refractivity contribution in [3.05, 3.63) is 72.3 Å². The summed E-state index contributed by atoms with van der Waals surface area (Å²) in [7, 11) is -3.92. The largest absolute Gasteiger partial charge is 0.349 e. The quantitative estimate of drug-likeness (QED) is 0.787. The second-order valence-corrected chi connectivity index (χ2v) is 6.47. The van der Waals surface area contributed by atoms with Gasteiger partial charge in [0.05, 0.1) is 27.8 Å². The number of nitrogens with one attached hydrogen (secondary N) is 2. The fourth-order valence-corrected chi connectivity index (χ4v) is 3.09. The van der Waals surface area contributed by atoms with E-state index in [4.69, 9.17) is 5.26 Å². The van der Waals surface area contributed by atoms with E-state index in [2.05, 4.69) is 16.6 Å². The summed E-state index contributed by atoms with van der Waals surface area (Å²) in [6.07, 6.45) is 1.53. The zero-order chi connectivity index (χ0) is 17.6. The van der Waals surface area contributed by atoms with Gasteiger partial charge in [-0.1, -0.05) is 24.3 Å². The Kier molecular flexibility index (Phi) is 5.35. The van der Waals surface area contributed by atoms with Gasteiger partial charge in [0, 0.05) is 6.54 Å². The molecule has 1 amide bonds. The van der Waals surface area contributed by atoms with Gasteiger partial charge in [0.25, 0.3) is 15.9 Å². The summed E-state index contributed by atoms with van der Waals surface area (Å²) in [6, 6.07) is 13.8. The van der Waals surface area contributed by atoms with Crippen molar-refractivity contribution in [1.29, 1.82) is 5.26 Å². The van der Waals surface area contributed by atoms with E-state index in [1.54, 1.807) is 12.1 Å². The van der Waals surface area contributed by atoms with Crippen molar-refractivity contribution < 1.29 is 13.2 Å². The van der Waals surface area contributed by atoms with Crippen LogP contribution < -0.4 is 10.0 Å². The van der Waals surface area contributed by atoms with Crippen molar-refractivity contribution in [1.82, 2.24) is 5.32 Å². The number of anilines is 1. The topological polar surface area (TPSA) is 99.1 Å². The third-order valence-electron chi connectivity index (χ3n) is 3.10. The van der Waals surface area contributed by atoms with Crippen LogP contribution in [0.2, 0.25) is 0 Å².